The Morgan fingerprint density at radius 3 is 2.07 bits per heavy atom. The Bertz CT molecular complexity index is 1050. The van der Waals surface area contributed by atoms with Crippen molar-refractivity contribution in [3.63, 3.8) is 0 Å². The minimum absolute atomic E-state index is 0.160. The van der Waals surface area contributed by atoms with Gasteiger partial charge < -0.3 is 9.47 Å². The normalized spacial score (nSPS) is 26.9. The maximum atomic E-state index is 13.0. The van der Waals surface area contributed by atoms with Gasteiger partial charge in [0, 0.05) is 12.1 Å². The lowest BCUT2D eigenvalue weighted by Crippen LogP contribution is -2.34. The number of anilines is 1. The largest absolute Gasteiger partial charge is 0.457 e. The van der Waals surface area contributed by atoms with Gasteiger partial charge in [0.15, 0.2) is 0 Å². The molecule has 4 atom stereocenters. The van der Waals surface area contributed by atoms with Crippen LogP contribution in [0, 0.1) is 35.8 Å². The summed E-state index contributed by atoms with van der Waals surface area (Å²) in [6.07, 6.45) is 1.03. The highest BCUT2D eigenvalue weighted by molar-refractivity contribution is 6.23. The van der Waals surface area contributed by atoms with Gasteiger partial charge in [-0.1, -0.05) is 6.07 Å². The second-order valence-electron chi connectivity index (χ2n) is 8.22. The zero-order valence-corrected chi connectivity index (χ0v) is 16.5. The van der Waals surface area contributed by atoms with Crippen molar-refractivity contribution in [2.24, 2.45) is 11.8 Å². The Balaban J connectivity index is 1.53. The van der Waals surface area contributed by atoms with Crippen LogP contribution in [0.15, 0.2) is 36.4 Å². The maximum absolute atomic E-state index is 13.0. The van der Waals surface area contributed by atoms with Gasteiger partial charge in [0.25, 0.3) is 5.69 Å². The average Bonchev–Trinajstić information content (AvgIpc) is 3.34. The van der Waals surface area contributed by atoms with Crippen molar-refractivity contribution in [1.29, 1.82) is 0 Å². The van der Waals surface area contributed by atoms with E-state index < -0.39 is 16.8 Å². The quantitative estimate of drug-likeness (QED) is 0.435. The van der Waals surface area contributed by atoms with Gasteiger partial charge in [-0.3, -0.25) is 19.7 Å². The van der Waals surface area contributed by atoms with E-state index in [9.17, 15) is 19.7 Å². The number of rotatable bonds is 4. The third kappa shape index (κ3) is 2.87. The van der Waals surface area contributed by atoms with Crippen molar-refractivity contribution < 1.29 is 24.0 Å². The number of nitro benzene ring substituents is 1. The van der Waals surface area contributed by atoms with Crippen LogP contribution in [0.4, 0.5) is 11.4 Å². The molecule has 0 aromatic heterocycles. The number of carbonyl (C=O) groups excluding carboxylic acids is 2. The van der Waals surface area contributed by atoms with Gasteiger partial charge in [-0.2, -0.15) is 0 Å². The molecule has 0 aliphatic carbocycles. The van der Waals surface area contributed by atoms with Crippen molar-refractivity contribution in [2.75, 3.05) is 4.90 Å². The Morgan fingerprint density at radius 2 is 1.50 bits per heavy atom. The molecule has 3 saturated heterocycles. The van der Waals surface area contributed by atoms with Crippen LogP contribution in [0.2, 0.25) is 0 Å². The number of carbonyl (C=O) groups is 2. The van der Waals surface area contributed by atoms with Crippen molar-refractivity contribution in [1.82, 2.24) is 0 Å². The summed E-state index contributed by atoms with van der Waals surface area (Å²) in [4.78, 5) is 38.1. The first kappa shape index (κ1) is 18.7. The zero-order valence-electron chi connectivity index (χ0n) is 16.5. The van der Waals surface area contributed by atoms with E-state index >= 15 is 0 Å². The summed E-state index contributed by atoms with van der Waals surface area (Å²) in [5.74, 6) is -0.980. The average molecular weight is 408 g/mol. The highest BCUT2D eigenvalue weighted by Crippen LogP contribution is 2.50. The first-order chi connectivity index (χ1) is 14.3. The molecule has 3 heterocycles. The number of non-ortho nitro benzene ring substituents is 1. The molecule has 2 aromatic rings. The van der Waals surface area contributed by atoms with E-state index in [-0.39, 0.29) is 41.1 Å². The molecule has 2 amide bonds. The van der Waals surface area contributed by atoms with Crippen LogP contribution in [-0.2, 0) is 14.3 Å². The third-order valence-corrected chi connectivity index (χ3v) is 6.06. The van der Waals surface area contributed by atoms with Gasteiger partial charge in [-0.05, 0) is 49.9 Å². The molecule has 3 fully saturated rings. The number of imide groups is 1. The molecule has 2 aromatic carbocycles. The summed E-state index contributed by atoms with van der Waals surface area (Å²) in [5, 5.41) is 11.5. The highest BCUT2D eigenvalue weighted by atomic mass is 16.6. The molecule has 0 radical (unpaired) electrons. The fourth-order valence-electron chi connectivity index (χ4n) is 4.96. The van der Waals surface area contributed by atoms with Crippen LogP contribution in [0.25, 0.3) is 0 Å². The molecule has 154 valence electrons. The van der Waals surface area contributed by atoms with Crippen LogP contribution in [-0.4, -0.2) is 28.9 Å². The number of benzene rings is 2. The highest BCUT2D eigenvalue weighted by Gasteiger charge is 2.62. The molecule has 5 rings (SSSR count). The molecule has 3 aliphatic heterocycles. The second kappa shape index (κ2) is 6.63. The van der Waals surface area contributed by atoms with Crippen LogP contribution >= 0.6 is 0 Å². The third-order valence-electron chi connectivity index (χ3n) is 6.06. The fraction of sp³-hybridized carbons (Fsp3) is 0.364. The minimum Gasteiger partial charge on any atom is -0.457 e. The number of nitrogens with zero attached hydrogens (tertiary/aromatic N) is 2. The monoisotopic (exact) mass is 408 g/mol. The molecule has 8 nitrogen and oxygen atoms in total. The van der Waals surface area contributed by atoms with Gasteiger partial charge >= 0.3 is 0 Å². The molecule has 0 spiro atoms. The van der Waals surface area contributed by atoms with Crippen LogP contribution in [0.3, 0.4) is 0 Å². The topological polar surface area (TPSA) is 99.0 Å². The molecule has 0 N–H and O–H groups in total. The van der Waals surface area contributed by atoms with E-state index in [0.717, 1.165) is 28.9 Å². The number of fused-ring (bicyclic) bond motifs is 5. The summed E-state index contributed by atoms with van der Waals surface area (Å²) >= 11 is 0. The number of hydrogen-bond donors (Lipinski definition) is 0. The zero-order chi connectivity index (χ0) is 21.2. The maximum Gasteiger partial charge on any atom is 0.275 e. The standard InChI is InChI=1S/C22H20N2O6/c1-11-5-12(2)7-15(6-11)29-16-9-13(8-14(10-16)24(27)28)23-21(25)19-17-3-4-18(30-17)20(19)22(23)26/h5-10,17-20H,3-4H2,1-2H3/t17-,18-,19-,20-/m0/s1. The van der Waals surface area contributed by atoms with E-state index in [1.165, 1.54) is 18.2 Å². The summed E-state index contributed by atoms with van der Waals surface area (Å²) in [6, 6.07) is 9.66. The molecule has 0 saturated carbocycles. The van der Waals surface area contributed by atoms with E-state index in [1.807, 2.05) is 32.0 Å². The van der Waals surface area contributed by atoms with Crippen molar-refractivity contribution in [2.45, 2.75) is 38.9 Å². The summed E-state index contributed by atoms with van der Waals surface area (Å²) in [6.45, 7) is 3.85. The van der Waals surface area contributed by atoms with E-state index in [2.05, 4.69) is 0 Å². The Morgan fingerprint density at radius 1 is 0.933 bits per heavy atom. The van der Waals surface area contributed by atoms with Gasteiger partial charge in [0.2, 0.25) is 11.8 Å². The number of aryl methyl sites for hydroxylation is 2. The molecule has 3 aliphatic rings. The number of hydrogen-bond acceptors (Lipinski definition) is 6. The lowest BCUT2D eigenvalue weighted by molar-refractivity contribution is -0.384. The predicted octanol–water partition coefficient (Wildman–Crippen LogP) is 3.67. The molecular formula is C22H20N2O6. The van der Waals surface area contributed by atoms with E-state index in [1.54, 1.807) is 0 Å². The van der Waals surface area contributed by atoms with Crippen LogP contribution < -0.4 is 9.64 Å². The molecule has 2 bridgehead atoms. The summed E-state index contributed by atoms with van der Waals surface area (Å²) in [7, 11) is 0. The predicted molar refractivity (Wildman–Crippen MR) is 106 cm³/mol. The van der Waals surface area contributed by atoms with Gasteiger partial charge in [-0.15, -0.1) is 0 Å². The second-order valence-corrected chi connectivity index (χ2v) is 8.22. The van der Waals surface area contributed by atoms with Crippen molar-refractivity contribution >= 4 is 23.2 Å². The first-order valence-electron chi connectivity index (χ1n) is 9.91. The van der Waals surface area contributed by atoms with Crippen LogP contribution in [0.5, 0.6) is 11.5 Å². The van der Waals surface area contributed by atoms with Crippen LogP contribution in [0.1, 0.15) is 24.0 Å². The summed E-state index contributed by atoms with van der Waals surface area (Å²) in [5.41, 5.74) is 1.89. The Kier molecular flexibility index (Phi) is 4.14. The fourth-order valence-corrected chi connectivity index (χ4v) is 4.96. The Hall–Kier alpha value is -3.26. The molecular weight excluding hydrogens is 388 g/mol. The van der Waals surface area contributed by atoms with Crippen molar-refractivity contribution in [3.8, 4) is 11.5 Å². The smallest absolute Gasteiger partial charge is 0.275 e. The van der Waals surface area contributed by atoms with E-state index in [0.29, 0.717) is 5.75 Å². The van der Waals surface area contributed by atoms with E-state index in [4.69, 9.17) is 9.47 Å². The first-order valence-corrected chi connectivity index (χ1v) is 9.91. The SMILES string of the molecule is Cc1cc(C)cc(Oc2cc(N3C(=O)[C@@H]4[C@@H](C3=O)[C@@H]3CC[C@@H]4O3)cc([N+](=O)[O-])c2)c1. The van der Waals surface area contributed by atoms with Gasteiger partial charge in [-0.25, -0.2) is 4.90 Å². The minimum atomic E-state index is -0.559. The van der Waals surface area contributed by atoms with Gasteiger partial charge in [0.1, 0.15) is 11.5 Å². The number of ether oxygens (including phenoxy) is 2. The Labute approximate surface area is 172 Å². The number of amides is 2. The summed E-state index contributed by atoms with van der Waals surface area (Å²) < 4.78 is 11.6. The lowest BCUT2D eigenvalue weighted by atomic mass is 9.81. The lowest BCUT2D eigenvalue weighted by Gasteiger charge is -2.18. The molecule has 8 heteroatoms. The number of nitro groups is 1. The van der Waals surface area contributed by atoms with Crippen molar-refractivity contribution in [3.05, 3.63) is 57.6 Å². The molecule has 0 unspecified atom stereocenters. The molecule has 30 heavy (non-hydrogen) atoms. The van der Waals surface area contributed by atoms with Gasteiger partial charge in [0.05, 0.1) is 40.7 Å².